The molecule has 2 rings (SSSR count). The van der Waals surface area contributed by atoms with E-state index in [-0.39, 0.29) is 16.5 Å². The van der Waals surface area contributed by atoms with Crippen LogP contribution in [0.2, 0.25) is 18.1 Å². The summed E-state index contributed by atoms with van der Waals surface area (Å²) in [5.41, 5.74) is 3.33. The normalized spacial score (nSPS) is 13.1. The van der Waals surface area contributed by atoms with E-state index >= 15 is 0 Å². The molecule has 0 bridgehead atoms. The molecule has 0 amide bonds. The number of unbranched alkanes of at least 4 members (excludes halogenated alkanes) is 3. The zero-order valence-electron chi connectivity index (χ0n) is 24.1. The Morgan fingerprint density at radius 2 is 1.38 bits per heavy atom. The number of ether oxygens (including phenoxy) is 2. The average Bonchev–Trinajstić information content (AvgIpc) is 2.87. The molecule has 6 nitrogen and oxygen atoms in total. The molecule has 9 heteroatoms. The Kier molecular flexibility index (Phi) is 12.9. The van der Waals surface area contributed by atoms with Crippen molar-refractivity contribution in [2.75, 3.05) is 31.4 Å². The molecule has 0 aliphatic carbocycles. The van der Waals surface area contributed by atoms with E-state index in [0.29, 0.717) is 13.2 Å². The maximum Gasteiger partial charge on any atom is 0.508 e. The summed E-state index contributed by atoms with van der Waals surface area (Å²) in [6, 6.07) is 16.5. The molecule has 0 fully saturated rings. The van der Waals surface area contributed by atoms with Crippen LogP contribution in [0.15, 0.2) is 59.5 Å². The fourth-order valence-corrected chi connectivity index (χ4v) is 5.54. The van der Waals surface area contributed by atoms with Crippen molar-refractivity contribution in [1.29, 1.82) is 0 Å². The van der Waals surface area contributed by atoms with Crippen LogP contribution in [0.1, 0.15) is 57.6 Å². The number of carbonyl (C=O) groups excluding carboxylic acids is 1. The van der Waals surface area contributed by atoms with Crippen LogP contribution in [0.4, 0.5) is 4.79 Å². The molecule has 0 aromatic heterocycles. The molecule has 0 radical (unpaired) electrons. The fraction of sp³-hybridized carbons (Fsp3) is 0.500. The molecule has 39 heavy (non-hydrogen) atoms. The monoisotopic (exact) mass is 638 g/mol. The van der Waals surface area contributed by atoms with Crippen molar-refractivity contribution in [1.82, 2.24) is 0 Å². The van der Waals surface area contributed by atoms with E-state index in [1.165, 1.54) is 6.26 Å². The third-order valence-electron chi connectivity index (χ3n) is 7.08. The molecule has 2 aromatic rings. The quantitative estimate of drug-likeness (QED) is 0.0683. The van der Waals surface area contributed by atoms with Crippen molar-refractivity contribution in [2.45, 2.75) is 69.5 Å². The lowest BCUT2D eigenvalue weighted by atomic mass is 9.95. The lowest BCUT2D eigenvalue weighted by Crippen LogP contribution is -2.41. The predicted molar refractivity (Wildman–Crippen MR) is 166 cm³/mol. The molecule has 0 heterocycles. The van der Waals surface area contributed by atoms with Gasteiger partial charge in [0.05, 0.1) is 18.1 Å². The summed E-state index contributed by atoms with van der Waals surface area (Å²) in [5, 5.41) is 0.986. The largest absolute Gasteiger partial charge is 0.508 e. The van der Waals surface area contributed by atoms with Crippen molar-refractivity contribution in [3.8, 4) is 0 Å². The first-order valence-corrected chi connectivity index (χ1v) is 19.3. The number of benzene rings is 2. The highest BCUT2D eigenvalue weighted by atomic mass is 79.9. The Morgan fingerprint density at radius 1 is 0.821 bits per heavy atom. The van der Waals surface area contributed by atoms with Crippen molar-refractivity contribution in [2.24, 2.45) is 0 Å². The minimum atomic E-state index is -3.35. The minimum absolute atomic E-state index is 0.0148. The average molecular weight is 640 g/mol. The number of rotatable bonds is 14. The first-order valence-electron chi connectivity index (χ1n) is 13.3. The van der Waals surface area contributed by atoms with Crippen LogP contribution in [0.5, 0.6) is 0 Å². The van der Waals surface area contributed by atoms with Crippen molar-refractivity contribution >= 4 is 51.4 Å². The van der Waals surface area contributed by atoms with Crippen LogP contribution in [0.25, 0.3) is 11.1 Å². The zero-order chi connectivity index (χ0) is 29.1. The summed E-state index contributed by atoms with van der Waals surface area (Å²) >= 11 is 3.42. The van der Waals surface area contributed by atoms with E-state index in [2.05, 4.69) is 49.8 Å². The molecule has 0 saturated carbocycles. The van der Waals surface area contributed by atoms with Crippen molar-refractivity contribution in [3.63, 3.8) is 0 Å². The topological polar surface area (TPSA) is 78.9 Å². The van der Waals surface area contributed by atoms with Gasteiger partial charge in [-0.3, -0.25) is 0 Å². The second-order valence-electron chi connectivity index (χ2n) is 11.2. The molecule has 0 N–H and O–H groups in total. The van der Waals surface area contributed by atoms with Gasteiger partial charge < -0.3 is 13.9 Å². The summed E-state index contributed by atoms with van der Waals surface area (Å²) in [5.74, 6) is 0. The van der Waals surface area contributed by atoms with Crippen LogP contribution in [-0.2, 0) is 23.7 Å². The molecule has 0 unspecified atom stereocenters. The maximum absolute atomic E-state index is 12.5. The summed E-state index contributed by atoms with van der Waals surface area (Å²) < 4.78 is 41.7. The molecule has 0 aliphatic heterocycles. The van der Waals surface area contributed by atoms with Crippen LogP contribution < -0.4 is 0 Å². The second kappa shape index (κ2) is 15.2. The first-order chi connectivity index (χ1) is 18.3. The Hall–Kier alpha value is -1.94. The second-order valence-corrected chi connectivity index (χ2v) is 18.8. The van der Waals surface area contributed by atoms with Crippen LogP contribution in [0, 0.1) is 0 Å². The van der Waals surface area contributed by atoms with E-state index in [4.69, 9.17) is 13.9 Å². The van der Waals surface area contributed by atoms with Crippen molar-refractivity contribution < 1.29 is 27.1 Å². The number of carbonyl (C=O) groups is 1. The smallest absolute Gasteiger partial charge is 0.434 e. The molecular formula is C30H43BrO6SSi. The van der Waals surface area contributed by atoms with Gasteiger partial charge in [-0.2, -0.15) is 0 Å². The van der Waals surface area contributed by atoms with Crippen LogP contribution in [-0.4, -0.2) is 54.3 Å². The highest BCUT2D eigenvalue weighted by Crippen LogP contribution is 2.38. The van der Waals surface area contributed by atoms with Gasteiger partial charge in [-0.15, -0.1) is 0 Å². The molecule has 0 atom stereocenters. The van der Waals surface area contributed by atoms with Gasteiger partial charge in [0.15, 0.2) is 18.2 Å². The van der Waals surface area contributed by atoms with Gasteiger partial charge in [0, 0.05) is 17.2 Å². The maximum atomic E-state index is 12.5. The lowest BCUT2D eigenvalue weighted by molar-refractivity contribution is 0.0633. The molecule has 0 saturated heterocycles. The van der Waals surface area contributed by atoms with E-state index < -0.39 is 24.3 Å². The summed E-state index contributed by atoms with van der Waals surface area (Å²) in [6.07, 6.45) is 4.40. The fourth-order valence-electron chi connectivity index (χ4n) is 3.58. The zero-order valence-corrected chi connectivity index (χ0v) is 27.5. The Bertz CT molecular complexity index is 1190. The van der Waals surface area contributed by atoms with Crippen molar-refractivity contribution in [3.05, 3.63) is 65.7 Å². The van der Waals surface area contributed by atoms with Gasteiger partial charge in [-0.25, -0.2) is 13.2 Å². The van der Waals surface area contributed by atoms with E-state index in [9.17, 15) is 13.2 Å². The number of alkyl halides is 1. The third-order valence-corrected chi connectivity index (χ3v) is 13.3. The van der Waals surface area contributed by atoms with Gasteiger partial charge in [0.25, 0.3) is 0 Å². The van der Waals surface area contributed by atoms with E-state index in [1.54, 1.807) is 24.3 Å². The van der Waals surface area contributed by atoms with Gasteiger partial charge >= 0.3 is 6.16 Å². The number of hydrogen-bond acceptors (Lipinski definition) is 6. The Balaban J connectivity index is 2.41. The van der Waals surface area contributed by atoms with Gasteiger partial charge in [-0.1, -0.05) is 92.0 Å². The van der Waals surface area contributed by atoms with E-state index in [1.807, 2.05) is 30.3 Å². The van der Waals surface area contributed by atoms with Crippen LogP contribution in [0.3, 0.4) is 0 Å². The summed E-state index contributed by atoms with van der Waals surface area (Å²) in [7, 11) is -5.46. The van der Waals surface area contributed by atoms with E-state index in [0.717, 1.165) is 53.3 Å². The SMILES string of the molecule is CC(C)(C)[Si](C)(C)OCC(=C(COC(=O)OCCCCCCBr)c1ccc(S(C)(=O)=O)cc1)c1ccccc1. The van der Waals surface area contributed by atoms with Gasteiger partial charge in [-0.05, 0) is 59.8 Å². The molecule has 0 spiro atoms. The number of halogens is 1. The molecule has 216 valence electrons. The number of sulfone groups is 1. The molecular weight excluding hydrogens is 596 g/mol. The predicted octanol–water partition coefficient (Wildman–Crippen LogP) is 8.13. The Labute approximate surface area is 244 Å². The van der Waals surface area contributed by atoms with Crippen LogP contribution >= 0.6 is 15.9 Å². The highest BCUT2D eigenvalue weighted by molar-refractivity contribution is 9.09. The first kappa shape index (κ1) is 33.3. The summed E-state index contributed by atoms with van der Waals surface area (Å²) in [4.78, 5) is 12.7. The third kappa shape index (κ3) is 10.9. The minimum Gasteiger partial charge on any atom is -0.434 e. The Morgan fingerprint density at radius 3 is 1.95 bits per heavy atom. The summed E-state index contributed by atoms with van der Waals surface area (Å²) in [6.45, 7) is 11.6. The van der Waals surface area contributed by atoms with Gasteiger partial charge in [0.1, 0.15) is 6.61 Å². The molecule has 2 aromatic carbocycles. The lowest BCUT2D eigenvalue weighted by Gasteiger charge is -2.36. The standard InChI is InChI=1S/C30H43BrO6SSi/c1-30(2,3)39(5,6)37-23-28(24-14-10-9-11-15-24)27(25-16-18-26(19-17-25)38(4,33)34)22-36-29(32)35-21-13-8-7-12-20-31/h9-11,14-19H,7-8,12-13,20-23H2,1-6H3. The highest BCUT2D eigenvalue weighted by Gasteiger charge is 2.37. The number of hydrogen-bond donors (Lipinski definition) is 0. The van der Waals surface area contributed by atoms with Gasteiger partial charge in [0.2, 0.25) is 0 Å². The molecule has 0 aliphatic rings.